The number of carboxylic acids is 1. The maximum Gasteiger partial charge on any atom is 0.335 e. The second-order valence-electron chi connectivity index (χ2n) is 9.24. The second kappa shape index (κ2) is 9.55. The van der Waals surface area contributed by atoms with Crippen LogP contribution in [0.25, 0.3) is 0 Å². The summed E-state index contributed by atoms with van der Waals surface area (Å²) in [6.45, 7) is 9.48. The smallest absolute Gasteiger partial charge is 0.335 e. The lowest BCUT2D eigenvalue weighted by Gasteiger charge is -2.44. The van der Waals surface area contributed by atoms with Crippen molar-refractivity contribution >= 4 is 21.9 Å². The fraction of sp³-hybridized carbons (Fsp3) is 0.500. The SMILES string of the molecule is CC(C)=CCC/C(C)=C/C[C@@]1(C)[C@@H]2Cc3cc(C(=O)O)ccc3OCC2=CC[C@@H]1Br. The van der Waals surface area contributed by atoms with Gasteiger partial charge in [-0.3, -0.25) is 0 Å². The molecule has 3 atom stereocenters. The van der Waals surface area contributed by atoms with Crippen molar-refractivity contribution in [1.29, 1.82) is 0 Å². The first-order valence-corrected chi connectivity index (χ1v) is 11.7. The third-order valence-corrected chi connectivity index (χ3v) is 8.07. The minimum atomic E-state index is -0.891. The van der Waals surface area contributed by atoms with Gasteiger partial charge in [0.2, 0.25) is 0 Å². The van der Waals surface area contributed by atoms with Gasteiger partial charge in [0, 0.05) is 4.83 Å². The highest BCUT2D eigenvalue weighted by Crippen LogP contribution is 2.51. The zero-order chi connectivity index (χ0) is 21.9. The van der Waals surface area contributed by atoms with Crippen LogP contribution < -0.4 is 4.74 Å². The third kappa shape index (κ3) is 5.08. The summed E-state index contributed by atoms with van der Waals surface area (Å²) >= 11 is 3.98. The van der Waals surface area contributed by atoms with Crippen molar-refractivity contribution in [1.82, 2.24) is 0 Å². The van der Waals surface area contributed by atoms with Crippen molar-refractivity contribution in [3.05, 3.63) is 64.3 Å². The monoisotopic (exact) mass is 472 g/mol. The van der Waals surface area contributed by atoms with Gasteiger partial charge in [-0.1, -0.05) is 52.2 Å². The number of hydrogen-bond donors (Lipinski definition) is 1. The predicted molar refractivity (Wildman–Crippen MR) is 127 cm³/mol. The predicted octanol–water partition coefficient (Wildman–Crippen LogP) is 7.12. The number of carboxylic acid groups (broad SMARTS) is 1. The van der Waals surface area contributed by atoms with E-state index >= 15 is 0 Å². The summed E-state index contributed by atoms with van der Waals surface area (Å²) < 4.78 is 6.08. The quantitative estimate of drug-likeness (QED) is 0.354. The number of rotatable bonds is 6. The van der Waals surface area contributed by atoms with Crippen LogP contribution in [0.3, 0.4) is 0 Å². The van der Waals surface area contributed by atoms with E-state index in [0.29, 0.717) is 22.9 Å². The van der Waals surface area contributed by atoms with E-state index in [0.717, 1.165) is 43.4 Å². The minimum absolute atomic E-state index is 0.0477. The van der Waals surface area contributed by atoms with Crippen LogP contribution in [0, 0.1) is 11.3 Å². The Labute approximate surface area is 189 Å². The molecule has 4 heteroatoms. The van der Waals surface area contributed by atoms with Crippen LogP contribution in [-0.4, -0.2) is 22.5 Å². The van der Waals surface area contributed by atoms with Crippen LogP contribution in [0.1, 0.15) is 69.3 Å². The Kier molecular flexibility index (Phi) is 7.28. The van der Waals surface area contributed by atoms with Gasteiger partial charge in [-0.2, -0.15) is 0 Å². The fourth-order valence-electron chi connectivity index (χ4n) is 4.58. The number of ether oxygens (including phenoxy) is 1. The molecule has 3 nitrogen and oxygen atoms in total. The molecule has 0 saturated carbocycles. The molecule has 0 saturated heterocycles. The zero-order valence-corrected chi connectivity index (χ0v) is 20.1. The molecule has 1 aliphatic heterocycles. The van der Waals surface area contributed by atoms with Gasteiger partial charge < -0.3 is 9.84 Å². The normalized spacial score (nSPS) is 25.9. The van der Waals surface area contributed by atoms with Crippen LogP contribution in [0.5, 0.6) is 5.75 Å². The Bertz CT molecular complexity index is 892. The maximum absolute atomic E-state index is 11.5. The van der Waals surface area contributed by atoms with E-state index in [-0.39, 0.29) is 5.41 Å². The topological polar surface area (TPSA) is 46.5 Å². The number of aromatic carboxylic acids is 1. The summed E-state index contributed by atoms with van der Waals surface area (Å²) in [6, 6.07) is 5.24. The largest absolute Gasteiger partial charge is 0.489 e. The van der Waals surface area contributed by atoms with Crippen LogP contribution in [-0.2, 0) is 6.42 Å². The maximum atomic E-state index is 11.5. The van der Waals surface area contributed by atoms with Crippen molar-refractivity contribution in [2.75, 3.05) is 6.61 Å². The molecular weight excluding hydrogens is 440 g/mol. The molecule has 0 bridgehead atoms. The molecule has 0 spiro atoms. The summed E-state index contributed by atoms with van der Waals surface area (Å²) in [5.41, 5.74) is 5.52. The number of allylic oxidation sites excluding steroid dienone is 5. The molecule has 1 aliphatic carbocycles. The molecule has 0 fully saturated rings. The van der Waals surface area contributed by atoms with E-state index in [4.69, 9.17) is 4.74 Å². The van der Waals surface area contributed by atoms with Crippen LogP contribution in [0.2, 0.25) is 0 Å². The van der Waals surface area contributed by atoms with E-state index in [1.165, 1.54) is 16.7 Å². The van der Waals surface area contributed by atoms with Crippen LogP contribution >= 0.6 is 15.9 Å². The van der Waals surface area contributed by atoms with Gasteiger partial charge in [-0.05, 0) is 93.5 Å². The Balaban J connectivity index is 1.86. The van der Waals surface area contributed by atoms with E-state index in [9.17, 15) is 9.90 Å². The average molecular weight is 473 g/mol. The van der Waals surface area contributed by atoms with E-state index in [2.05, 4.69) is 61.9 Å². The van der Waals surface area contributed by atoms with Crippen molar-refractivity contribution in [3.8, 4) is 5.75 Å². The molecule has 0 radical (unpaired) electrons. The van der Waals surface area contributed by atoms with E-state index in [1.807, 2.05) is 6.07 Å². The molecule has 1 heterocycles. The van der Waals surface area contributed by atoms with Gasteiger partial charge in [-0.15, -0.1) is 0 Å². The Morgan fingerprint density at radius 1 is 1.30 bits per heavy atom. The molecule has 0 amide bonds. The summed E-state index contributed by atoms with van der Waals surface area (Å²) in [5.74, 6) is 0.248. The molecule has 0 aromatic heterocycles. The van der Waals surface area contributed by atoms with Gasteiger partial charge in [0.15, 0.2) is 0 Å². The Morgan fingerprint density at radius 2 is 2.07 bits per heavy atom. The minimum Gasteiger partial charge on any atom is -0.489 e. The van der Waals surface area contributed by atoms with E-state index in [1.54, 1.807) is 12.1 Å². The van der Waals surface area contributed by atoms with Gasteiger partial charge in [-0.25, -0.2) is 4.79 Å². The Morgan fingerprint density at radius 3 is 2.77 bits per heavy atom. The third-order valence-electron chi connectivity index (χ3n) is 6.65. The highest BCUT2D eigenvalue weighted by molar-refractivity contribution is 9.09. The van der Waals surface area contributed by atoms with Crippen LogP contribution in [0.4, 0.5) is 0 Å². The highest BCUT2D eigenvalue weighted by atomic mass is 79.9. The number of halogens is 1. The summed E-state index contributed by atoms with van der Waals surface area (Å²) in [4.78, 5) is 11.8. The first-order chi connectivity index (χ1) is 14.2. The standard InChI is InChI=1S/C26H33BrO3/c1-17(2)6-5-7-18(3)12-13-26(4)22-15-21-14-19(25(28)29)8-10-23(21)30-16-20(22)9-11-24(26)27/h6,8-10,12,14,22,24H,5,7,11,13,15-16H2,1-4H3,(H,28,29)/b18-12+/t22-,24+,26+/m1/s1. The number of benzene rings is 1. The lowest BCUT2D eigenvalue weighted by molar-refractivity contribution is 0.0696. The number of fused-ring (bicyclic) bond motifs is 2. The molecule has 30 heavy (non-hydrogen) atoms. The molecule has 2 aliphatic rings. The number of hydrogen-bond acceptors (Lipinski definition) is 2. The van der Waals surface area contributed by atoms with Crippen molar-refractivity contribution < 1.29 is 14.6 Å². The molecule has 1 N–H and O–H groups in total. The first-order valence-electron chi connectivity index (χ1n) is 10.8. The van der Waals surface area contributed by atoms with Crippen molar-refractivity contribution in [2.45, 2.75) is 64.6 Å². The van der Waals surface area contributed by atoms with Gasteiger partial charge in [0.1, 0.15) is 12.4 Å². The highest BCUT2D eigenvalue weighted by Gasteiger charge is 2.44. The van der Waals surface area contributed by atoms with Crippen molar-refractivity contribution in [2.24, 2.45) is 11.3 Å². The Hall–Kier alpha value is -1.81. The lowest BCUT2D eigenvalue weighted by atomic mass is 9.63. The number of alkyl halides is 1. The number of carbonyl (C=O) groups is 1. The van der Waals surface area contributed by atoms with Gasteiger partial charge in [0.25, 0.3) is 0 Å². The molecule has 162 valence electrons. The zero-order valence-electron chi connectivity index (χ0n) is 18.5. The first kappa shape index (κ1) is 22.9. The van der Waals surface area contributed by atoms with Crippen molar-refractivity contribution in [3.63, 3.8) is 0 Å². The summed E-state index contributed by atoms with van der Waals surface area (Å²) in [7, 11) is 0. The molecule has 1 aromatic carbocycles. The molecule has 3 rings (SSSR count). The van der Waals surface area contributed by atoms with Gasteiger partial charge >= 0.3 is 5.97 Å². The van der Waals surface area contributed by atoms with Crippen LogP contribution in [0.15, 0.2) is 53.1 Å². The lowest BCUT2D eigenvalue weighted by Crippen LogP contribution is -2.41. The second-order valence-corrected chi connectivity index (χ2v) is 10.3. The molecular formula is C26H33BrO3. The summed E-state index contributed by atoms with van der Waals surface area (Å²) in [6.07, 6.45) is 12.0. The summed E-state index contributed by atoms with van der Waals surface area (Å²) in [5, 5.41) is 9.41. The van der Waals surface area contributed by atoms with E-state index < -0.39 is 5.97 Å². The molecule has 1 aromatic rings. The molecule has 0 unspecified atom stereocenters. The average Bonchev–Trinajstić information content (AvgIpc) is 2.88. The fourth-order valence-corrected chi connectivity index (χ4v) is 5.27. The van der Waals surface area contributed by atoms with Gasteiger partial charge in [0.05, 0.1) is 5.56 Å².